The van der Waals surface area contributed by atoms with Gasteiger partial charge in [-0.15, -0.1) is 0 Å². The zero-order valence-corrected chi connectivity index (χ0v) is 10.8. The maximum absolute atomic E-state index is 10.2. The fourth-order valence-electron chi connectivity index (χ4n) is 0.673. The van der Waals surface area contributed by atoms with Gasteiger partial charge in [-0.2, -0.15) is 0 Å². The van der Waals surface area contributed by atoms with Crippen LogP contribution < -0.4 is 5.73 Å². The SMILES string of the molecule is CC(C)(C)OC(N)=O.CCCS(C)(=O)=O. The summed E-state index contributed by atoms with van der Waals surface area (Å²) >= 11 is 0. The molecule has 0 rings (SSSR count). The van der Waals surface area contributed by atoms with E-state index in [-0.39, 0.29) is 0 Å². The fourth-order valence-corrected chi connectivity index (χ4v) is 1.41. The molecule has 0 saturated carbocycles. The quantitative estimate of drug-likeness (QED) is 0.787. The van der Waals surface area contributed by atoms with E-state index in [2.05, 4.69) is 4.74 Å². The molecule has 0 aromatic carbocycles. The summed E-state index contributed by atoms with van der Waals surface area (Å²) in [7, 11) is -2.67. The van der Waals surface area contributed by atoms with Crippen LogP contribution in [0, 0.1) is 0 Å². The number of nitrogens with two attached hydrogens (primary N) is 1. The summed E-state index contributed by atoms with van der Waals surface area (Å²) in [6.45, 7) is 7.13. The van der Waals surface area contributed by atoms with Gasteiger partial charge in [-0.1, -0.05) is 6.92 Å². The Bertz CT molecular complexity index is 277. The molecule has 0 aliphatic rings. The Morgan fingerprint density at radius 1 is 1.33 bits per heavy atom. The van der Waals surface area contributed by atoms with Gasteiger partial charge in [-0.05, 0) is 27.2 Å². The molecule has 15 heavy (non-hydrogen) atoms. The van der Waals surface area contributed by atoms with Crippen LogP contribution in [-0.2, 0) is 14.6 Å². The minimum absolute atomic E-state index is 0.312. The van der Waals surface area contributed by atoms with E-state index in [1.807, 2.05) is 6.92 Å². The molecule has 0 atom stereocenters. The number of sulfone groups is 1. The molecule has 0 aliphatic heterocycles. The lowest BCUT2D eigenvalue weighted by molar-refractivity contribution is 0.0600. The van der Waals surface area contributed by atoms with Gasteiger partial charge in [-0.25, -0.2) is 13.2 Å². The van der Waals surface area contributed by atoms with E-state index in [1.54, 1.807) is 20.8 Å². The summed E-state index contributed by atoms with van der Waals surface area (Å²) in [6.07, 6.45) is 1.24. The van der Waals surface area contributed by atoms with Crippen LogP contribution in [0.1, 0.15) is 34.1 Å². The van der Waals surface area contributed by atoms with Crippen LogP contribution in [0.3, 0.4) is 0 Å². The molecule has 0 unspecified atom stereocenters. The summed E-state index contributed by atoms with van der Waals surface area (Å²) in [6, 6.07) is 0. The Morgan fingerprint density at radius 3 is 1.73 bits per heavy atom. The second-order valence-electron chi connectivity index (χ2n) is 4.16. The lowest BCUT2D eigenvalue weighted by Gasteiger charge is -2.16. The lowest BCUT2D eigenvalue weighted by atomic mass is 10.2. The molecule has 0 aliphatic carbocycles. The van der Waals surface area contributed by atoms with Gasteiger partial charge in [0, 0.05) is 12.0 Å². The predicted molar refractivity (Wildman–Crippen MR) is 60.4 cm³/mol. The normalized spacial score (nSPS) is 11.3. The van der Waals surface area contributed by atoms with E-state index in [9.17, 15) is 13.2 Å². The summed E-state index contributed by atoms with van der Waals surface area (Å²) in [5.41, 5.74) is 4.26. The predicted octanol–water partition coefficient (Wildman–Crippen LogP) is 1.32. The summed E-state index contributed by atoms with van der Waals surface area (Å²) in [4.78, 5) is 10.0. The molecule has 0 bridgehead atoms. The van der Waals surface area contributed by atoms with Gasteiger partial charge < -0.3 is 10.5 Å². The third kappa shape index (κ3) is 24.6. The van der Waals surface area contributed by atoms with Crippen LogP contribution in [-0.4, -0.2) is 32.1 Å². The first-order valence-electron chi connectivity index (χ1n) is 4.64. The highest BCUT2D eigenvalue weighted by Gasteiger charge is 2.12. The van der Waals surface area contributed by atoms with Gasteiger partial charge in [0.15, 0.2) is 0 Å². The van der Waals surface area contributed by atoms with Crippen LogP contribution >= 0.6 is 0 Å². The Morgan fingerprint density at radius 2 is 1.73 bits per heavy atom. The lowest BCUT2D eigenvalue weighted by Crippen LogP contribution is -2.27. The van der Waals surface area contributed by atoms with Crippen molar-refractivity contribution in [3.05, 3.63) is 0 Å². The minimum Gasteiger partial charge on any atom is -0.444 e. The van der Waals surface area contributed by atoms with E-state index in [0.29, 0.717) is 5.75 Å². The monoisotopic (exact) mass is 239 g/mol. The number of hydrogen-bond acceptors (Lipinski definition) is 4. The van der Waals surface area contributed by atoms with Crippen LogP contribution in [0.15, 0.2) is 0 Å². The van der Waals surface area contributed by atoms with Crippen molar-refractivity contribution in [2.75, 3.05) is 12.0 Å². The average Bonchev–Trinajstić information content (AvgIpc) is 1.77. The van der Waals surface area contributed by atoms with E-state index >= 15 is 0 Å². The van der Waals surface area contributed by atoms with Crippen molar-refractivity contribution < 1.29 is 17.9 Å². The number of carbonyl (C=O) groups is 1. The van der Waals surface area contributed by atoms with E-state index < -0.39 is 21.5 Å². The molecule has 92 valence electrons. The zero-order valence-electron chi connectivity index (χ0n) is 10.0. The number of rotatable bonds is 2. The maximum atomic E-state index is 10.2. The van der Waals surface area contributed by atoms with Crippen LogP contribution in [0.4, 0.5) is 4.79 Å². The Hall–Kier alpha value is -0.780. The van der Waals surface area contributed by atoms with E-state index in [4.69, 9.17) is 5.73 Å². The number of hydrogen-bond donors (Lipinski definition) is 1. The molecule has 0 heterocycles. The Labute approximate surface area is 91.9 Å². The van der Waals surface area contributed by atoms with Gasteiger partial charge in [0.1, 0.15) is 15.4 Å². The molecule has 5 nitrogen and oxygen atoms in total. The molecule has 0 radical (unpaired) electrons. The van der Waals surface area contributed by atoms with Crippen molar-refractivity contribution in [3.8, 4) is 0 Å². The Balaban J connectivity index is 0. The molecule has 1 amide bonds. The van der Waals surface area contributed by atoms with E-state index in [0.717, 1.165) is 6.42 Å². The number of primary amides is 1. The molecule has 0 saturated heterocycles. The highest BCUT2D eigenvalue weighted by atomic mass is 32.2. The number of carbonyl (C=O) groups excluding carboxylic acids is 1. The van der Waals surface area contributed by atoms with Crippen molar-refractivity contribution in [2.45, 2.75) is 39.7 Å². The topological polar surface area (TPSA) is 86.5 Å². The summed E-state index contributed by atoms with van der Waals surface area (Å²) in [5.74, 6) is 0.312. The largest absolute Gasteiger partial charge is 0.444 e. The molecular weight excluding hydrogens is 218 g/mol. The molecule has 0 aromatic heterocycles. The minimum atomic E-state index is -2.67. The van der Waals surface area contributed by atoms with Gasteiger partial charge >= 0.3 is 6.09 Å². The summed E-state index contributed by atoms with van der Waals surface area (Å²) in [5, 5.41) is 0. The molecule has 6 heteroatoms. The smallest absolute Gasteiger partial charge is 0.405 e. The molecule has 0 spiro atoms. The first kappa shape index (κ1) is 16.6. The van der Waals surface area contributed by atoms with Crippen molar-refractivity contribution in [1.82, 2.24) is 0 Å². The van der Waals surface area contributed by atoms with Gasteiger partial charge in [0.05, 0.1) is 0 Å². The third-order valence-corrected chi connectivity index (χ3v) is 2.13. The van der Waals surface area contributed by atoms with Crippen LogP contribution in [0.25, 0.3) is 0 Å². The van der Waals surface area contributed by atoms with Crippen molar-refractivity contribution in [2.24, 2.45) is 5.73 Å². The zero-order chi connectivity index (χ0) is 12.7. The van der Waals surface area contributed by atoms with Crippen LogP contribution in [0.5, 0.6) is 0 Å². The molecule has 0 aromatic rings. The second kappa shape index (κ2) is 6.66. The van der Waals surface area contributed by atoms with Crippen molar-refractivity contribution >= 4 is 15.9 Å². The van der Waals surface area contributed by atoms with Gasteiger partial charge in [0.2, 0.25) is 0 Å². The molecule has 2 N–H and O–H groups in total. The standard InChI is InChI=1S/C5H11NO2.C4H10O2S/c1-5(2,3)8-4(6)7;1-3-4-7(2,5)6/h1-3H3,(H2,6,7);3-4H2,1-2H3. The van der Waals surface area contributed by atoms with Crippen molar-refractivity contribution in [3.63, 3.8) is 0 Å². The maximum Gasteiger partial charge on any atom is 0.405 e. The van der Waals surface area contributed by atoms with Crippen LogP contribution in [0.2, 0.25) is 0 Å². The van der Waals surface area contributed by atoms with Crippen molar-refractivity contribution in [1.29, 1.82) is 0 Å². The molecule has 0 fully saturated rings. The Kier molecular flexibility index (Phi) is 7.39. The number of ether oxygens (including phenoxy) is 1. The highest BCUT2D eigenvalue weighted by Crippen LogP contribution is 2.04. The first-order chi connectivity index (χ1) is 6.48. The second-order valence-corrected chi connectivity index (χ2v) is 6.42. The number of amides is 1. The highest BCUT2D eigenvalue weighted by molar-refractivity contribution is 7.90. The third-order valence-electron chi connectivity index (χ3n) is 0.982. The fraction of sp³-hybridized carbons (Fsp3) is 0.889. The molecular formula is C9H21NO4S. The van der Waals surface area contributed by atoms with Gasteiger partial charge in [-0.3, -0.25) is 0 Å². The first-order valence-corrected chi connectivity index (χ1v) is 6.70. The van der Waals surface area contributed by atoms with Gasteiger partial charge in [0.25, 0.3) is 0 Å². The summed E-state index contributed by atoms with van der Waals surface area (Å²) < 4.78 is 25.0. The van der Waals surface area contributed by atoms with E-state index in [1.165, 1.54) is 6.26 Å². The average molecular weight is 239 g/mol.